The Kier molecular flexibility index (Phi) is 4.80. The first kappa shape index (κ1) is 16.1. The minimum Gasteiger partial charge on any atom is -0.326 e. The molecule has 0 saturated carbocycles. The van der Waals surface area contributed by atoms with E-state index in [1.807, 2.05) is 0 Å². The Morgan fingerprint density at radius 3 is 2.48 bits per heavy atom. The molecule has 5 nitrogen and oxygen atoms in total. The molecule has 0 bridgehead atoms. The quantitative estimate of drug-likeness (QED) is 0.860. The van der Waals surface area contributed by atoms with E-state index in [2.05, 4.69) is 5.32 Å². The first-order chi connectivity index (χ1) is 9.77. The summed E-state index contributed by atoms with van der Waals surface area (Å²) in [6, 6.07) is 3.80. The van der Waals surface area contributed by atoms with E-state index in [1.54, 1.807) is 0 Å². The number of amides is 1. The molecule has 1 amide bonds. The minimum atomic E-state index is -4.70. The maximum absolute atomic E-state index is 13.0. The normalized spacial score (nSPS) is 17.7. The molecule has 2 rings (SSSR count). The van der Waals surface area contributed by atoms with E-state index in [0.717, 1.165) is 6.07 Å². The lowest BCUT2D eigenvalue weighted by Crippen LogP contribution is -2.39. The van der Waals surface area contributed by atoms with Gasteiger partial charge in [0, 0.05) is 24.7 Å². The topological polar surface area (TPSA) is 66.5 Å². The van der Waals surface area contributed by atoms with Gasteiger partial charge in [0.05, 0.1) is 5.02 Å². The predicted molar refractivity (Wildman–Crippen MR) is 74.4 cm³/mol. The first-order valence-electron chi connectivity index (χ1n) is 6.23. The third kappa shape index (κ3) is 4.12. The molecule has 0 atom stereocenters. The summed E-state index contributed by atoms with van der Waals surface area (Å²) in [7, 11) is -4.70. The van der Waals surface area contributed by atoms with Crippen LogP contribution in [0.25, 0.3) is 0 Å². The molecule has 0 aromatic heterocycles. The summed E-state index contributed by atoms with van der Waals surface area (Å²) in [6.45, 7) is -0.0812. The maximum Gasteiger partial charge on any atom is 0.374 e. The number of hydrogen-bond acceptors (Lipinski definition) is 3. The summed E-state index contributed by atoms with van der Waals surface area (Å²) in [5.41, 5.74) is 0.354. The fourth-order valence-electron chi connectivity index (χ4n) is 2.15. The maximum atomic E-state index is 13.0. The molecule has 0 spiro atoms. The first-order valence-corrected chi connectivity index (χ1v) is 7.95. The van der Waals surface area contributed by atoms with Gasteiger partial charge in [-0.25, -0.2) is 4.39 Å². The van der Waals surface area contributed by atoms with Crippen molar-refractivity contribution in [1.82, 2.24) is 4.31 Å². The van der Waals surface area contributed by atoms with Gasteiger partial charge < -0.3 is 5.32 Å². The van der Waals surface area contributed by atoms with Gasteiger partial charge in [-0.1, -0.05) is 15.5 Å². The molecule has 116 valence electrons. The molecular formula is C12H13ClF2N2O3S. The van der Waals surface area contributed by atoms with Crippen LogP contribution in [0.5, 0.6) is 0 Å². The van der Waals surface area contributed by atoms with Crippen molar-refractivity contribution in [2.45, 2.75) is 12.8 Å². The van der Waals surface area contributed by atoms with Gasteiger partial charge in [0.15, 0.2) is 0 Å². The molecule has 1 aromatic rings. The van der Waals surface area contributed by atoms with Gasteiger partial charge in [-0.3, -0.25) is 4.79 Å². The van der Waals surface area contributed by atoms with Crippen LogP contribution in [-0.4, -0.2) is 31.7 Å². The highest BCUT2D eigenvalue weighted by atomic mass is 35.5. The number of halogens is 3. The zero-order chi connectivity index (χ0) is 15.6. The van der Waals surface area contributed by atoms with Gasteiger partial charge in [-0.05, 0) is 31.0 Å². The van der Waals surface area contributed by atoms with Crippen LogP contribution in [0.15, 0.2) is 18.2 Å². The SMILES string of the molecule is O=C(Nc1ccc(F)c(Cl)c1)C1CCN(S(=O)(=O)F)CC1. The summed E-state index contributed by atoms with van der Waals surface area (Å²) in [5.74, 6) is -1.34. The van der Waals surface area contributed by atoms with Crippen molar-refractivity contribution in [3.8, 4) is 0 Å². The van der Waals surface area contributed by atoms with Gasteiger partial charge in [-0.2, -0.15) is 12.7 Å². The van der Waals surface area contributed by atoms with E-state index < -0.39 is 22.1 Å². The van der Waals surface area contributed by atoms with Crippen LogP contribution in [0.1, 0.15) is 12.8 Å². The van der Waals surface area contributed by atoms with E-state index >= 15 is 0 Å². The molecule has 21 heavy (non-hydrogen) atoms. The van der Waals surface area contributed by atoms with E-state index in [-0.39, 0.29) is 36.9 Å². The van der Waals surface area contributed by atoms with Crippen molar-refractivity contribution in [2.75, 3.05) is 18.4 Å². The van der Waals surface area contributed by atoms with Crippen LogP contribution in [0, 0.1) is 11.7 Å². The molecule has 1 heterocycles. The minimum absolute atomic E-state index is 0.0406. The molecule has 1 aliphatic heterocycles. The Balaban J connectivity index is 1.95. The molecule has 1 aliphatic rings. The summed E-state index contributed by atoms with van der Waals surface area (Å²) >= 11 is 5.61. The van der Waals surface area contributed by atoms with E-state index in [9.17, 15) is 21.5 Å². The molecule has 1 aromatic carbocycles. The second-order valence-electron chi connectivity index (χ2n) is 4.73. The second kappa shape index (κ2) is 6.25. The molecule has 1 fully saturated rings. The van der Waals surface area contributed by atoms with Gasteiger partial charge in [0.1, 0.15) is 5.82 Å². The largest absolute Gasteiger partial charge is 0.374 e. The van der Waals surface area contributed by atoms with Crippen molar-refractivity contribution < 1.29 is 21.5 Å². The Bertz CT molecular complexity index is 646. The van der Waals surface area contributed by atoms with E-state index in [1.165, 1.54) is 12.1 Å². The average molecular weight is 339 g/mol. The molecule has 0 aliphatic carbocycles. The van der Waals surface area contributed by atoms with Crippen LogP contribution < -0.4 is 5.32 Å². The lowest BCUT2D eigenvalue weighted by atomic mass is 9.97. The van der Waals surface area contributed by atoms with Crippen molar-refractivity contribution in [3.05, 3.63) is 29.0 Å². The van der Waals surface area contributed by atoms with Gasteiger partial charge in [0.2, 0.25) is 5.91 Å². The summed E-state index contributed by atoms with van der Waals surface area (Å²) in [5, 5.41) is 2.48. The fraction of sp³-hybridized carbons (Fsp3) is 0.417. The summed E-state index contributed by atoms with van der Waals surface area (Å²) < 4.78 is 47.9. The highest BCUT2D eigenvalue weighted by Gasteiger charge is 2.30. The van der Waals surface area contributed by atoms with Gasteiger partial charge >= 0.3 is 10.4 Å². The van der Waals surface area contributed by atoms with Crippen LogP contribution in [0.4, 0.5) is 14.0 Å². The monoisotopic (exact) mass is 338 g/mol. The molecule has 9 heteroatoms. The summed E-state index contributed by atoms with van der Waals surface area (Å²) in [4.78, 5) is 12.0. The van der Waals surface area contributed by atoms with Crippen LogP contribution in [0.2, 0.25) is 5.02 Å². The van der Waals surface area contributed by atoms with Crippen molar-refractivity contribution in [2.24, 2.45) is 5.92 Å². The number of carbonyl (C=O) groups is 1. The second-order valence-corrected chi connectivity index (χ2v) is 6.48. The Morgan fingerprint density at radius 2 is 1.95 bits per heavy atom. The van der Waals surface area contributed by atoms with Crippen molar-refractivity contribution >= 4 is 33.6 Å². The van der Waals surface area contributed by atoms with Gasteiger partial charge in [-0.15, -0.1) is 0 Å². The predicted octanol–water partition coefficient (Wildman–Crippen LogP) is 2.34. The van der Waals surface area contributed by atoms with E-state index in [4.69, 9.17) is 11.6 Å². The fourth-order valence-corrected chi connectivity index (χ4v) is 2.98. The van der Waals surface area contributed by atoms with Crippen LogP contribution in [-0.2, 0) is 15.2 Å². The summed E-state index contributed by atoms with van der Waals surface area (Å²) in [6.07, 6.45) is 0.452. The Hall–Kier alpha value is -1.25. The molecule has 1 N–H and O–H groups in total. The third-order valence-corrected chi connectivity index (χ3v) is 4.59. The Labute approximate surface area is 126 Å². The van der Waals surface area contributed by atoms with Crippen molar-refractivity contribution in [1.29, 1.82) is 0 Å². The third-order valence-electron chi connectivity index (χ3n) is 3.32. The van der Waals surface area contributed by atoms with Crippen LogP contribution in [0.3, 0.4) is 0 Å². The van der Waals surface area contributed by atoms with Crippen LogP contribution >= 0.6 is 11.6 Å². The lowest BCUT2D eigenvalue weighted by molar-refractivity contribution is -0.120. The molecule has 1 saturated heterocycles. The highest BCUT2D eigenvalue weighted by molar-refractivity contribution is 7.83. The highest BCUT2D eigenvalue weighted by Crippen LogP contribution is 2.23. The number of carbonyl (C=O) groups excluding carboxylic acids is 1. The number of anilines is 1. The smallest absolute Gasteiger partial charge is 0.326 e. The molecular weight excluding hydrogens is 326 g/mol. The zero-order valence-electron chi connectivity index (χ0n) is 10.9. The van der Waals surface area contributed by atoms with E-state index in [0.29, 0.717) is 9.99 Å². The number of nitrogens with zero attached hydrogens (tertiary/aromatic N) is 1. The standard InChI is InChI=1S/C12H13ClF2N2O3S/c13-10-7-9(1-2-11(10)14)16-12(18)8-3-5-17(6-4-8)21(15,19)20/h1-2,7-8H,3-6H2,(H,16,18). The lowest BCUT2D eigenvalue weighted by Gasteiger charge is -2.27. The number of benzene rings is 1. The Morgan fingerprint density at radius 1 is 1.33 bits per heavy atom. The zero-order valence-corrected chi connectivity index (χ0v) is 12.4. The number of nitrogens with one attached hydrogen (secondary N) is 1. The van der Waals surface area contributed by atoms with Gasteiger partial charge in [0.25, 0.3) is 0 Å². The molecule has 0 radical (unpaired) electrons. The average Bonchev–Trinajstić information content (AvgIpc) is 2.42. The van der Waals surface area contributed by atoms with Crippen molar-refractivity contribution in [3.63, 3.8) is 0 Å². The molecule has 0 unspecified atom stereocenters. The number of hydrogen-bond donors (Lipinski definition) is 1. The number of rotatable bonds is 3. The number of piperidine rings is 1.